The van der Waals surface area contributed by atoms with E-state index in [-0.39, 0.29) is 16.7 Å². The normalized spacial score (nSPS) is 20.9. The first-order valence-corrected chi connectivity index (χ1v) is 7.89. The van der Waals surface area contributed by atoms with E-state index in [2.05, 4.69) is 17.4 Å². The molecule has 5 nitrogen and oxygen atoms in total. The molecule has 2 aromatic rings. The van der Waals surface area contributed by atoms with Gasteiger partial charge in [-0.2, -0.15) is 0 Å². The predicted molar refractivity (Wildman–Crippen MR) is 89.4 cm³/mol. The Kier molecular flexibility index (Phi) is 4.88. The van der Waals surface area contributed by atoms with Crippen molar-refractivity contribution >= 4 is 11.4 Å². The van der Waals surface area contributed by atoms with Gasteiger partial charge in [0.1, 0.15) is 5.69 Å². The van der Waals surface area contributed by atoms with Crippen LogP contribution < -0.4 is 5.32 Å². The third-order valence-corrected chi connectivity index (χ3v) is 4.23. The number of hydrogen-bond acceptors (Lipinski definition) is 4. The van der Waals surface area contributed by atoms with Gasteiger partial charge in [-0.1, -0.05) is 42.5 Å². The molecule has 1 aliphatic rings. The highest BCUT2D eigenvalue weighted by Crippen LogP contribution is 2.34. The van der Waals surface area contributed by atoms with E-state index < -0.39 is 0 Å². The lowest BCUT2D eigenvalue weighted by molar-refractivity contribution is -0.384. The number of para-hydroxylation sites is 2. The zero-order valence-corrected chi connectivity index (χ0v) is 12.9. The molecule has 1 N–H and O–H groups in total. The second-order valence-electron chi connectivity index (χ2n) is 5.76. The molecule has 0 aromatic heterocycles. The molecule has 1 saturated heterocycles. The third kappa shape index (κ3) is 3.68. The lowest BCUT2D eigenvalue weighted by atomic mass is 9.89. The number of nitro benzene ring substituents is 1. The predicted octanol–water partition coefficient (Wildman–Crippen LogP) is 4.17. The number of anilines is 1. The summed E-state index contributed by atoms with van der Waals surface area (Å²) in [4.78, 5) is 10.7. The summed E-state index contributed by atoms with van der Waals surface area (Å²) in [6, 6.07) is 16.9. The molecule has 2 unspecified atom stereocenters. The van der Waals surface area contributed by atoms with E-state index in [0.717, 1.165) is 19.4 Å². The summed E-state index contributed by atoms with van der Waals surface area (Å²) in [5.41, 5.74) is 1.84. The fourth-order valence-corrected chi connectivity index (χ4v) is 3.09. The average molecular weight is 312 g/mol. The second-order valence-corrected chi connectivity index (χ2v) is 5.76. The molecule has 3 rings (SSSR count). The van der Waals surface area contributed by atoms with Crippen molar-refractivity contribution in [2.75, 3.05) is 18.5 Å². The summed E-state index contributed by atoms with van der Waals surface area (Å²) >= 11 is 0. The van der Waals surface area contributed by atoms with Crippen LogP contribution >= 0.6 is 0 Å². The molecule has 2 atom stereocenters. The number of rotatable bonds is 5. The fourth-order valence-electron chi connectivity index (χ4n) is 3.09. The standard InChI is InChI=1S/C18H20N2O3/c21-20(22)17-11-5-4-10-16(17)19-13-15-9-6-12-23-18(15)14-7-2-1-3-8-14/h1-5,7-8,10-11,15,18-19H,6,9,12-13H2. The van der Waals surface area contributed by atoms with Gasteiger partial charge in [-0.3, -0.25) is 10.1 Å². The maximum atomic E-state index is 11.1. The Morgan fingerprint density at radius 1 is 1.13 bits per heavy atom. The van der Waals surface area contributed by atoms with E-state index in [1.54, 1.807) is 18.2 Å². The molecule has 2 aromatic carbocycles. The SMILES string of the molecule is O=[N+]([O-])c1ccccc1NCC1CCCOC1c1ccccc1. The molecule has 1 heterocycles. The summed E-state index contributed by atoms with van der Waals surface area (Å²) < 4.78 is 5.97. The highest BCUT2D eigenvalue weighted by Gasteiger charge is 2.27. The van der Waals surface area contributed by atoms with Gasteiger partial charge in [-0.25, -0.2) is 0 Å². The van der Waals surface area contributed by atoms with Gasteiger partial charge in [0, 0.05) is 25.1 Å². The van der Waals surface area contributed by atoms with Crippen molar-refractivity contribution in [3.63, 3.8) is 0 Å². The Hall–Kier alpha value is -2.40. The number of nitro groups is 1. The van der Waals surface area contributed by atoms with Crippen LogP contribution in [-0.2, 0) is 4.74 Å². The molecule has 120 valence electrons. The summed E-state index contributed by atoms with van der Waals surface area (Å²) in [7, 11) is 0. The summed E-state index contributed by atoms with van der Waals surface area (Å²) in [5.74, 6) is 0.297. The van der Waals surface area contributed by atoms with Gasteiger partial charge in [-0.05, 0) is 24.5 Å². The highest BCUT2D eigenvalue weighted by molar-refractivity contribution is 5.61. The van der Waals surface area contributed by atoms with Crippen LogP contribution in [0.3, 0.4) is 0 Å². The Bertz CT molecular complexity index is 660. The Labute approximate surface area is 135 Å². The van der Waals surface area contributed by atoms with E-state index in [1.807, 2.05) is 18.2 Å². The van der Waals surface area contributed by atoms with Gasteiger partial charge in [0.2, 0.25) is 0 Å². The third-order valence-electron chi connectivity index (χ3n) is 4.23. The molecule has 23 heavy (non-hydrogen) atoms. The van der Waals surface area contributed by atoms with Gasteiger partial charge in [0.15, 0.2) is 0 Å². The van der Waals surface area contributed by atoms with Crippen LogP contribution in [0.15, 0.2) is 54.6 Å². The van der Waals surface area contributed by atoms with Crippen molar-refractivity contribution in [1.29, 1.82) is 0 Å². The number of benzene rings is 2. The quantitative estimate of drug-likeness (QED) is 0.664. The van der Waals surface area contributed by atoms with Crippen molar-refractivity contribution in [2.45, 2.75) is 18.9 Å². The van der Waals surface area contributed by atoms with Crippen LogP contribution in [0.4, 0.5) is 11.4 Å². The molecule has 0 saturated carbocycles. The molecule has 0 radical (unpaired) electrons. The molecule has 5 heteroatoms. The Balaban J connectivity index is 1.72. The molecule has 0 spiro atoms. The highest BCUT2D eigenvalue weighted by atomic mass is 16.6. The minimum atomic E-state index is -0.353. The van der Waals surface area contributed by atoms with Crippen LogP contribution in [0.5, 0.6) is 0 Å². The van der Waals surface area contributed by atoms with Crippen LogP contribution in [-0.4, -0.2) is 18.1 Å². The van der Waals surface area contributed by atoms with Crippen LogP contribution in [0.2, 0.25) is 0 Å². The van der Waals surface area contributed by atoms with Gasteiger partial charge in [-0.15, -0.1) is 0 Å². The first kappa shape index (κ1) is 15.5. The molecule has 0 amide bonds. The summed E-state index contributed by atoms with van der Waals surface area (Å²) in [5, 5.41) is 14.3. The van der Waals surface area contributed by atoms with Crippen LogP contribution in [0, 0.1) is 16.0 Å². The van der Waals surface area contributed by atoms with Gasteiger partial charge >= 0.3 is 0 Å². The summed E-state index contributed by atoms with van der Waals surface area (Å²) in [6.45, 7) is 1.42. The first-order chi connectivity index (χ1) is 11.3. The lowest BCUT2D eigenvalue weighted by Crippen LogP contribution is -2.28. The average Bonchev–Trinajstić information content (AvgIpc) is 2.61. The first-order valence-electron chi connectivity index (χ1n) is 7.89. The minimum Gasteiger partial charge on any atom is -0.379 e. The molecule has 0 aliphatic carbocycles. The van der Waals surface area contributed by atoms with E-state index in [0.29, 0.717) is 18.2 Å². The molecule has 1 fully saturated rings. The lowest BCUT2D eigenvalue weighted by Gasteiger charge is -2.32. The number of hydrogen-bond donors (Lipinski definition) is 1. The molecular formula is C18H20N2O3. The van der Waals surface area contributed by atoms with Crippen LogP contribution in [0.25, 0.3) is 0 Å². The zero-order chi connectivity index (χ0) is 16.1. The van der Waals surface area contributed by atoms with Crippen molar-refractivity contribution in [3.05, 3.63) is 70.3 Å². The summed E-state index contributed by atoms with van der Waals surface area (Å²) in [6.07, 6.45) is 2.11. The fraction of sp³-hybridized carbons (Fsp3) is 0.333. The monoisotopic (exact) mass is 312 g/mol. The smallest absolute Gasteiger partial charge is 0.292 e. The van der Waals surface area contributed by atoms with Gasteiger partial charge in [0.05, 0.1) is 11.0 Å². The number of nitrogens with zero attached hydrogens (tertiary/aromatic N) is 1. The molecule has 0 bridgehead atoms. The van der Waals surface area contributed by atoms with Crippen molar-refractivity contribution in [1.82, 2.24) is 0 Å². The van der Waals surface area contributed by atoms with E-state index in [4.69, 9.17) is 4.74 Å². The van der Waals surface area contributed by atoms with Crippen molar-refractivity contribution in [3.8, 4) is 0 Å². The molecular weight excluding hydrogens is 292 g/mol. The van der Waals surface area contributed by atoms with Crippen molar-refractivity contribution in [2.24, 2.45) is 5.92 Å². The second kappa shape index (κ2) is 7.24. The number of ether oxygens (including phenoxy) is 1. The number of nitrogens with one attached hydrogen (secondary N) is 1. The Morgan fingerprint density at radius 3 is 2.65 bits per heavy atom. The topological polar surface area (TPSA) is 64.4 Å². The molecule has 1 aliphatic heterocycles. The van der Waals surface area contributed by atoms with E-state index in [9.17, 15) is 10.1 Å². The minimum absolute atomic E-state index is 0.0419. The largest absolute Gasteiger partial charge is 0.379 e. The Morgan fingerprint density at radius 2 is 1.87 bits per heavy atom. The van der Waals surface area contributed by atoms with Gasteiger partial charge in [0.25, 0.3) is 5.69 Å². The van der Waals surface area contributed by atoms with Crippen molar-refractivity contribution < 1.29 is 9.66 Å². The van der Waals surface area contributed by atoms with Gasteiger partial charge < -0.3 is 10.1 Å². The maximum absolute atomic E-state index is 11.1. The van der Waals surface area contributed by atoms with E-state index >= 15 is 0 Å². The maximum Gasteiger partial charge on any atom is 0.292 e. The zero-order valence-electron chi connectivity index (χ0n) is 12.9. The van der Waals surface area contributed by atoms with E-state index in [1.165, 1.54) is 11.6 Å². The van der Waals surface area contributed by atoms with Crippen LogP contribution in [0.1, 0.15) is 24.5 Å².